The molecule has 0 bridgehead atoms. The van der Waals surface area contributed by atoms with Crippen LogP contribution in [0.15, 0.2) is 17.3 Å². The van der Waals surface area contributed by atoms with Gasteiger partial charge in [-0.1, -0.05) is 11.8 Å². The van der Waals surface area contributed by atoms with Crippen molar-refractivity contribution in [2.75, 3.05) is 26.4 Å². The van der Waals surface area contributed by atoms with E-state index >= 15 is 0 Å². The summed E-state index contributed by atoms with van der Waals surface area (Å²) in [4.78, 5) is 10.2. The van der Waals surface area contributed by atoms with Crippen molar-refractivity contribution < 1.29 is 0 Å². The fourth-order valence-electron chi connectivity index (χ4n) is 1.64. The quantitative estimate of drug-likeness (QED) is 0.846. The molecule has 0 aliphatic carbocycles. The zero-order valence-electron chi connectivity index (χ0n) is 10.9. The van der Waals surface area contributed by atoms with E-state index in [1.807, 2.05) is 0 Å². The van der Waals surface area contributed by atoms with Gasteiger partial charge in [-0.25, -0.2) is 4.98 Å². The summed E-state index contributed by atoms with van der Waals surface area (Å²) in [6, 6.07) is 4.32. The third kappa shape index (κ3) is 3.01. The van der Waals surface area contributed by atoms with E-state index in [0.29, 0.717) is 0 Å². The summed E-state index contributed by atoms with van der Waals surface area (Å²) in [7, 11) is 4.18. The largest absolute Gasteiger partial charge is 0.333 e. The van der Waals surface area contributed by atoms with Gasteiger partial charge in [-0.2, -0.15) is 0 Å². The number of hydrogen-bond donors (Lipinski definition) is 1. The molecule has 2 rings (SSSR count). The number of thioether (sulfide) groups is 1. The minimum absolute atomic E-state index is 1.02. The van der Waals surface area contributed by atoms with Crippen LogP contribution in [0.3, 0.4) is 0 Å². The lowest BCUT2D eigenvalue weighted by molar-refractivity contribution is 0.437. The maximum atomic E-state index is 4.60. The zero-order chi connectivity index (χ0) is 12.4. The number of H-pyrrole nitrogens is 1. The maximum absolute atomic E-state index is 4.60. The molecule has 0 radical (unpaired) electrons. The van der Waals surface area contributed by atoms with Crippen molar-refractivity contribution in [3.05, 3.63) is 23.3 Å². The SMILES string of the molecule is Cc1cc2nc(SCCN(C)C)[nH]c2cc1C. The summed E-state index contributed by atoms with van der Waals surface area (Å²) < 4.78 is 0. The lowest BCUT2D eigenvalue weighted by Crippen LogP contribution is -2.14. The minimum Gasteiger partial charge on any atom is -0.333 e. The molecule has 1 N–H and O–H groups in total. The Balaban J connectivity index is 2.14. The van der Waals surface area contributed by atoms with Crippen LogP contribution >= 0.6 is 11.8 Å². The van der Waals surface area contributed by atoms with Crippen molar-refractivity contribution in [1.82, 2.24) is 14.9 Å². The van der Waals surface area contributed by atoms with Gasteiger partial charge in [0.15, 0.2) is 5.16 Å². The Morgan fingerprint density at radius 3 is 2.65 bits per heavy atom. The molecular weight excluding hydrogens is 230 g/mol. The molecule has 0 atom stereocenters. The van der Waals surface area contributed by atoms with Crippen LogP contribution < -0.4 is 0 Å². The highest BCUT2D eigenvalue weighted by atomic mass is 32.2. The number of nitrogens with zero attached hydrogens (tertiary/aromatic N) is 2. The number of imidazole rings is 1. The maximum Gasteiger partial charge on any atom is 0.166 e. The Labute approximate surface area is 107 Å². The molecule has 2 aromatic rings. The first kappa shape index (κ1) is 12.5. The van der Waals surface area contributed by atoms with Crippen molar-refractivity contribution in [2.45, 2.75) is 19.0 Å². The van der Waals surface area contributed by atoms with Crippen LogP contribution in [0, 0.1) is 13.8 Å². The second kappa shape index (κ2) is 5.10. The third-order valence-electron chi connectivity index (χ3n) is 2.85. The molecule has 0 saturated heterocycles. The van der Waals surface area contributed by atoms with Gasteiger partial charge in [-0.15, -0.1) is 0 Å². The Bertz CT molecular complexity index is 478. The topological polar surface area (TPSA) is 31.9 Å². The summed E-state index contributed by atoms with van der Waals surface area (Å²) in [5.41, 5.74) is 4.82. The van der Waals surface area contributed by atoms with Gasteiger partial charge in [-0.05, 0) is 51.2 Å². The van der Waals surface area contributed by atoms with Crippen LogP contribution in [0.2, 0.25) is 0 Å². The predicted octanol–water partition coefficient (Wildman–Crippen LogP) is 2.83. The molecule has 3 nitrogen and oxygen atoms in total. The number of aryl methyl sites for hydroxylation is 2. The van der Waals surface area contributed by atoms with Crippen LogP contribution in [0.4, 0.5) is 0 Å². The van der Waals surface area contributed by atoms with Crippen molar-refractivity contribution in [2.24, 2.45) is 0 Å². The highest BCUT2D eigenvalue weighted by Crippen LogP contribution is 2.22. The van der Waals surface area contributed by atoms with E-state index in [0.717, 1.165) is 28.5 Å². The summed E-state index contributed by atoms with van der Waals surface area (Å²) in [5, 5.41) is 1.02. The van der Waals surface area contributed by atoms with Crippen LogP contribution in [0.1, 0.15) is 11.1 Å². The highest BCUT2D eigenvalue weighted by Gasteiger charge is 2.05. The van der Waals surface area contributed by atoms with Crippen molar-refractivity contribution in [3.63, 3.8) is 0 Å². The molecule has 1 aromatic carbocycles. The normalized spacial score (nSPS) is 11.6. The van der Waals surface area contributed by atoms with E-state index in [4.69, 9.17) is 0 Å². The third-order valence-corrected chi connectivity index (χ3v) is 3.71. The summed E-state index contributed by atoms with van der Waals surface area (Å²) >= 11 is 1.78. The van der Waals surface area contributed by atoms with E-state index < -0.39 is 0 Å². The average Bonchev–Trinajstić information content (AvgIpc) is 2.60. The van der Waals surface area contributed by atoms with Crippen molar-refractivity contribution in [3.8, 4) is 0 Å². The summed E-state index contributed by atoms with van der Waals surface area (Å²) in [5.74, 6) is 1.06. The van der Waals surface area contributed by atoms with E-state index in [1.165, 1.54) is 11.1 Å². The molecule has 92 valence electrons. The van der Waals surface area contributed by atoms with Crippen LogP contribution in [-0.2, 0) is 0 Å². The Morgan fingerprint density at radius 1 is 1.24 bits per heavy atom. The zero-order valence-corrected chi connectivity index (χ0v) is 11.7. The van der Waals surface area contributed by atoms with Crippen LogP contribution in [-0.4, -0.2) is 41.3 Å². The Morgan fingerprint density at radius 2 is 1.94 bits per heavy atom. The smallest absolute Gasteiger partial charge is 0.166 e. The minimum atomic E-state index is 1.02. The van der Waals surface area contributed by atoms with Gasteiger partial charge < -0.3 is 9.88 Å². The highest BCUT2D eigenvalue weighted by molar-refractivity contribution is 7.99. The molecule has 0 saturated carbocycles. The van der Waals surface area contributed by atoms with Crippen LogP contribution in [0.25, 0.3) is 11.0 Å². The monoisotopic (exact) mass is 249 g/mol. The molecule has 0 fully saturated rings. The number of rotatable bonds is 4. The first-order valence-electron chi connectivity index (χ1n) is 5.81. The number of benzene rings is 1. The van der Waals surface area contributed by atoms with Gasteiger partial charge in [0.05, 0.1) is 11.0 Å². The van der Waals surface area contributed by atoms with Gasteiger partial charge in [0, 0.05) is 12.3 Å². The number of nitrogens with one attached hydrogen (secondary N) is 1. The molecule has 0 aliphatic rings. The first-order valence-corrected chi connectivity index (χ1v) is 6.79. The Hall–Kier alpha value is -1.00. The van der Waals surface area contributed by atoms with Gasteiger partial charge >= 0.3 is 0 Å². The average molecular weight is 249 g/mol. The summed E-state index contributed by atoms with van der Waals surface area (Å²) in [6.07, 6.45) is 0. The number of hydrogen-bond acceptors (Lipinski definition) is 3. The lowest BCUT2D eigenvalue weighted by Gasteiger charge is -2.06. The molecule has 17 heavy (non-hydrogen) atoms. The van der Waals surface area contributed by atoms with E-state index in [-0.39, 0.29) is 0 Å². The molecule has 1 aromatic heterocycles. The molecule has 4 heteroatoms. The van der Waals surface area contributed by atoms with Gasteiger partial charge in [0.1, 0.15) is 0 Å². The van der Waals surface area contributed by atoms with Gasteiger partial charge in [0.2, 0.25) is 0 Å². The summed E-state index contributed by atoms with van der Waals surface area (Å²) in [6.45, 7) is 5.33. The predicted molar refractivity (Wildman–Crippen MR) is 74.8 cm³/mol. The molecule has 0 spiro atoms. The molecule has 1 heterocycles. The fourth-order valence-corrected chi connectivity index (χ4v) is 2.63. The van der Waals surface area contributed by atoms with E-state index in [9.17, 15) is 0 Å². The second-order valence-corrected chi connectivity index (χ2v) is 5.73. The van der Waals surface area contributed by atoms with Crippen molar-refractivity contribution in [1.29, 1.82) is 0 Å². The molecule has 0 amide bonds. The van der Waals surface area contributed by atoms with Crippen LogP contribution in [0.5, 0.6) is 0 Å². The number of aromatic nitrogens is 2. The van der Waals surface area contributed by atoms with Gasteiger partial charge in [-0.3, -0.25) is 0 Å². The second-order valence-electron chi connectivity index (χ2n) is 4.65. The fraction of sp³-hybridized carbons (Fsp3) is 0.462. The van der Waals surface area contributed by atoms with Gasteiger partial charge in [0.25, 0.3) is 0 Å². The van der Waals surface area contributed by atoms with E-state index in [2.05, 4.69) is 54.9 Å². The standard InChI is InChI=1S/C13H19N3S/c1-9-7-11-12(8-10(9)2)15-13(14-11)17-6-5-16(3)4/h7-8H,5-6H2,1-4H3,(H,14,15). The Kier molecular flexibility index (Phi) is 3.74. The van der Waals surface area contributed by atoms with Crippen molar-refractivity contribution >= 4 is 22.8 Å². The first-order chi connectivity index (χ1) is 8.06. The van der Waals surface area contributed by atoms with E-state index in [1.54, 1.807) is 11.8 Å². The molecule has 0 unspecified atom stereocenters. The number of aromatic amines is 1. The molecule has 0 aliphatic heterocycles. The lowest BCUT2D eigenvalue weighted by atomic mass is 10.1. The number of fused-ring (bicyclic) bond motifs is 1. The molecular formula is C13H19N3S.